The van der Waals surface area contributed by atoms with E-state index in [-0.39, 0.29) is 11.4 Å². The van der Waals surface area contributed by atoms with Crippen molar-refractivity contribution in [2.24, 2.45) is 0 Å². The van der Waals surface area contributed by atoms with E-state index in [1.807, 2.05) is 0 Å². The summed E-state index contributed by atoms with van der Waals surface area (Å²) in [7, 11) is 0. The van der Waals surface area contributed by atoms with Gasteiger partial charge >= 0.3 is 0 Å². The molecule has 0 unspecified atom stereocenters. The van der Waals surface area contributed by atoms with Crippen molar-refractivity contribution in [2.45, 2.75) is 37.3 Å². The molecule has 1 amide bonds. The van der Waals surface area contributed by atoms with E-state index in [1.54, 1.807) is 4.90 Å². The Labute approximate surface area is 76.1 Å². The molecule has 3 fully saturated rings. The van der Waals surface area contributed by atoms with Crippen LogP contribution in [-0.2, 0) is 4.79 Å². The zero-order valence-electron chi connectivity index (χ0n) is 6.67. The predicted molar refractivity (Wildman–Crippen MR) is 47.6 cm³/mol. The molecule has 0 radical (unpaired) electrons. The van der Waals surface area contributed by atoms with Crippen LogP contribution in [0.5, 0.6) is 0 Å². The predicted octanol–water partition coefficient (Wildman–Crippen LogP) is 0.398. The molecule has 0 atom stereocenters. The monoisotopic (exact) mass is 182 g/mol. The molecule has 2 aliphatic carbocycles. The lowest BCUT2D eigenvalue weighted by molar-refractivity contribution is -0.128. The van der Waals surface area contributed by atoms with Gasteiger partial charge in [0.2, 0.25) is 0 Å². The van der Waals surface area contributed by atoms with Crippen molar-refractivity contribution < 1.29 is 4.79 Å². The van der Waals surface area contributed by atoms with Gasteiger partial charge in [-0.05, 0) is 37.9 Å². The Kier molecular flexibility index (Phi) is 1.03. The lowest BCUT2D eigenvalue weighted by Crippen LogP contribution is -2.33. The zero-order valence-corrected chi connectivity index (χ0v) is 7.49. The molecule has 1 N–H and O–H groups in total. The maximum Gasteiger partial charge on any atom is 0.254 e. The van der Waals surface area contributed by atoms with Gasteiger partial charge in [0, 0.05) is 6.04 Å². The number of hydrogen-bond donors (Lipinski definition) is 1. The Hall–Kier alpha value is -0.640. The minimum absolute atomic E-state index is 0.231. The molecule has 0 aromatic carbocycles. The molecular weight excluding hydrogens is 172 g/mol. The fourth-order valence-electron chi connectivity index (χ4n) is 1.77. The van der Waals surface area contributed by atoms with Crippen molar-refractivity contribution in [2.75, 3.05) is 0 Å². The topological polar surface area (TPSA) is 32.3 Å². The maximum atomic E-state index is 11.8. The first-order valence-corrected chi connectivity index (χ1v) is 4.80. The maximum absolute atomic E-state index is 11.8. The molecule has 3 nitrogen and oxygen atoms in total. The summed E-state index contributed by atoms with van der Waals surface area (Å²) >= 11 is 5.12. The minimum Gasteiger partial charge on any atom is -0.348 e. The summed E-state index contributed by atoms with van der Waals surface area (Å²) in [5.41, 5.74) is -0.236. The molecule has 1 aliphatic heterocycles. The Morgan fingerprint density at radius 2 is 2.17 bits per heavy atom. The van der Waals surface area contributed by atoms with Gasteiger partial charge in [0.05, 0.1) is 0 Å². The van der Waals surface area contributed by atoms with Gasteiger partial charge in [-0.1, -0.05) is 0 Å². The first kappa shape index (κ1) is 6.83. The minimum atomic E-state index is -0.236. The van der Waals surface area contributed by atoms with Crippen molar-refractivity contribution in [3.05, 3.63) is 0 Å². The van der Waals surface area contributed by atoms with E-state index in [9.17, 15) is 4.79 Å². The Morgan fingerprint density at radius 3 is 2.58 bits per heavy atom. The number of nitrogens with one attached hydrogen (secondary N) is 1. The van der Waals surface area contributed by atoms with Crippen LogP contribution in [0.3, 0.4) is 0 Å². The molecule has 1 heterocycles. The molecule has 3 aliphatic rings. The lowest BCUT2D eigenvalue weighted by atomic mass is 10.3. The van der Waals surface area contributed by atoms with Crippen LogP contribution in [-0.4, -0.2) is 27.5 Å². The lowest BCUT2D eigenvalue weighted by Gasteiger charge is -2.12. The average molecular weight is 182 g/mol. The number of nitrogens with zero attached hydrogens (tertiary/aromatic N) is 1. The molecule has 64 valence electrons. The summed E-state index contributed by atoms with van der Waals surface area (Å²) < 4.78 is 0. The summed E-state index contributed by atoms with van der Waals surface area (Å²) in [6.45, 7) is 0. The third kappa shape index (κ3) is 0.710. The SMILES string of the molecule is O=C1N(C2CC2)C(=S)NC12CC2. The zero-order chi connectivity index (χ0) is 8.34. The second-order valence-electron chi connectivity index (χ2n) is 3.92. The van der Waals surface area contributed by atoms with Crippen LogP contribution in [0.2, 0.25) is 0 Å². The number of thiocarbonyl (C=S) groups is 1. The highest BCUT2D eigenvalue weighted by Crippen LogP contribution is 2.44. The Morgan fingerprint density at radius 1 is 1.50 bits per heavy atom. The first-order chi connectivity index (χ1) is 5.73. The third-order valence-electron chi connectivity index (χ3n) is 2.86. The normalized spacial score (nSPS) is 31.2. The van der Waals surface area contributed by atoms with E-state index in [0.29, 0.717) is 11.2 Å². The summed E-state index contributed by atoms with van der Waals surface area (Å²) in [6, 6.07) is 0.428. The van der Waals surface area contributed by atoms with Crippen molar-refractivity contribution >= 4 is 23.2 Å². The quantitative estimate of drug-likeness (QED) is 0.596. The highest BCUT2D eigenvalue weighted by molar-refractivity contribution is 7.80. The van der Waals surface area contributed by atoms with Crippen LogP contribution >= 0.6 is 12.2 Å². The van der Waals surface area contributed by atoms with E-state index >= 15 is 0 Å². The number of carbonyl (C=O) groups is 1. The van der Waals surface area contributed by atoms with Gasteiger partial charge in [0.1, 0.15) is 5.54 Å². The third-order valence-corrected chi connectivity index (χ3v) is 3.15. The largest absolute Gasteiger partial charge is 0.348 e. The summed E-state index contributed by atoms with van der Waals surface area (Å²) in [5.74, 6) is 0.231. The second-order valence-corrected chi connectivity index (χ2v) is 4.31. The van der Waals surface area contributed by atoms with Gasteiger partial charge in [-0.25, -0.2) is 0 Å². The summed E-state index contributed by atoms with van der Waals surface area (Å²) in [4.78, 5) is 13.6. The number of amides is 1. The number of hydrogen-bond acceptors (Lipinski definition) is 2. The molecule has 1 spiro atoms. The van der Waals surface area contributed by atoms with Crippen LogP contribution in [0.25, 0.3) is 0 Å². The molecular formula is C8H10N2OS. The van der Waals surface area contributed by atoms with Crippen LogP contribution in [0.15, 0.2) is 0 Å². The van der Waals surface area contributed by atoms with Crippen LogP contribution < -0.4 is 5.32 Å². The van der Waals surface area contributed by atoms with E-state index in [1.165, 1.54) is 0 Å². The van der Waals surface area contributed by atoms with Crippen LogP contribution in [0.4, 0.5) is 0 Å². The van der Waals surface area contributed by atoms with Crippen molar-refractivity contribution in [3.63, 3.8) is 0 Å². The van der Waals surface area contributed by atoms with Crippen molar-refractivity contribution in [1.82, 2.24) is 10.2 Å². The average Bonchev–Trinajstić information content (AvgIpc) is 2.81. The highest BCUT2D eigenvalue weighted by atomic mass is 32.1. The van der Waals surface area contributed by atoms with Gasteiger partial charge in [-0.15, -0.1) is 0 Å². The molecule has 4 heteroatoms. The van der Waals surface area contributed by atoms with E-state index in [4.69, 9.17) is 12.2 Å². The number of rotatable bonds is 1. The van der Waals surface area contributed by atoms with E-state index < -0.39 is 0 Å². The van der Waals surface area contributed by atoms with Gasteiger partial charge in [-0.3, -0.25) is 9.69 Å². The Bertz CT molecular complexity index is 281. The summed E-state index contributed by atoms with van der Waals surface area (Å²) in [5, 5.41) is 3.80. The number of carbonyl (C=O) groups excluding carboxylic acids is 1. The standard InChI is InChI=1S/C8H10N2OS/c11-6-8(3-4-8)9-7(12)10(6)5-1-2-5/h5H,1-4H2,(H,9,12). The van der Waals surface area contributed by atoms with Crippen molar-refractivity contribution in [3.8, 4) is 0 Å². The molecule has 0 aromatic heterocycles. The van der Waals surface area contributed by atoms with Crippen LogP contribution in [0.1, 0.15) is 25.7 Å². The van der Waals surface area contributed by atoms with Gasteiger partial charge < -0.3 is 5.32 Å². The molecule has 2 saturated carbocycles. The van der Waals surface area contributed by atoms with E-state index in [0.717, 1.165) is 25.7 Å². The molecule has 12 heavy (non-hydrogen) atoms. The second kappa shape index (κ2) is 1.82. The highest BCUT2D eigenvalue weighted by Gasteiger charge is 2.60. The Balaban J connectivity index is 1.93. The van der Waals surface area contributed by atoms with Crippen molar-refractivity contribution in [1.29, 1.82) is 0 Å². The van der Waals surface area contributed by atoms with Gasteiger partial charge in [-0.2, -0.15) is 0 Å². The van der Waals surface area contributed by atoms with Crippen LogP contribution in [0, 0.1) is 0 Å². The first-order valence-electron chi connectivity index (χ1n) is 4.39. The summed E-state index contributed by atoms with van der Waals surface area (Å²) in [6.07, 6.45) is 4.19. The molecule has 3 rings (SSSR count). The molecule has 0 aromatic rings. The molecule has 0 bridgehead atoms. The van der Waals surface area contributed by atoms with Gasteiger partial charge in [0.15, 0.2) is 5.11 Å². The van der Waals surface area contributed by atoms with E-state index in [2.05, 4.69) is 5.32 Å². The fourth-order valence-corrected chi connectivity index (χ4v) is 2.20. The smallest absolute Gasteiger partial charge is 0.254 e. The van der Waals surface area contributed by atoms with Gasteiger partial charge in [0.25, 0.3) is 5.91 Å². The fraction of sp³-hybridized carbons (Fsp3) is 0.750. The molecule has 1 saturated heterocycles.